The largest absolute Gasteiger partial charge is 0.434 e. The second-order valence-electron chi connectivity index (χ2n) is 8.84. The lowest BCUT2D eigenvalue weighted by Crippen LogP contribution is -2.60. The fraction of sp³-hybridized carbons (Fsp3) is 0.364. The van der Waals surface area contributed by atoms with E-state index in [4.69, 9.17) is 15.7 Å². The number of hydrazine groups is 1. The van der Waals surface area contributed by atoms with Crippen LogP contribution in [0.15, 0.2) is 41.4 Å². The lowest BCUT2D eigenvalue weighted by Gasteiger charge is -2.46. The van der Waals surface area contributed by atoms with Crippen molar-refractivity contribution >= 4 is 44.6 Å². The molecule has 1 aliphatic heterocycles. The smallest absolute Gasteiger partial charge is 0.304 e. The first kappa shape index (κ1) is 23.2. The highest BCUT2D eigenvalue weighted by Gasteiger charge is 2.52. The molecule has 35 heavy (non-hydrogen) atoms. The van der Waals surface area contributed by atoms with Crippen molar-refractivity contribution in [2.24, 2.45) is 11.0 Å². The summed E-state index contributed by atoms with van der Waals surface area (Å²) < 4.78 is 30.3. The summed E-state index contributed by atoms with van der Waals surface area (Å²) in [5, 5.41) is 9.89. The molecular formula is C22H25N7O5S. The van der Waals surface area contributed by atoms with Gasteiger partial charge < -0.3 is 14.6 Å². The Labute approximate surface area is 201 Å². The molecule has 0 bridgehead atoms. The van der Waals surface area contributed by atoms with Crippen LogP contribution in [0.25, 0.3) is 11.0 Å². The highest BCUT2D eigenvalue weighted by atomic mass is 32.2. The van der Waals surface area contributed by atoms with Gasteiger partial charge in [-0.3, -0.25) is 9.59 Å². The van der Waals surface area contributed by atoms with E-state index in [9.17, 15) is 18.0 Å². The molecule has 1 unspecified atom stereocenters. The van der Waals surface area contributed by atoms with Gasteiger partial charge in [-0.15, -0.1) is 0 Å². The summed E-state index contributed by atoms with van der Waals surface area (Å²) >= 11 is 0. The molecule has 12 nitrogen and oxygen atoms in total. The number of nitrogens with two attached hydrogens (primary N) is 2. The van der Waals surface area contributed by atoms with Crippen LogP contribution in [0.4, 0.5) is 11.6 Å². The lowest BCUT2D eigenvalue weighted by atomic mass is 9.79. The minimum atomic E-state index is -3.81. The van der Waals surface area contributed by atoms with Gasteiger partial charge in [0.15, 0.2) is 0 Å². The van der Waals surface area contributed by atoms with Gasteiger partial charge in [0, 0.05) is 24.2 Å². The Morgan fingerprint density at radius 3 is 2.51 bits per heavy atom. The van der Waals surface area contributed by atoms with E-state index < -0.39 is 27.8 Å². The molecule has 5 N–H and O–H groups in total. The summed E-state index contributed by atoms with van der Waals surface area (Å²) in [5.41, 5.74) is 0.697. The standard InChI is InChI=1S/C22H25N7O5S/c1-13(30)34-19-17-11-14-12-25-21(26-15-5-7-16(8-6-15)35(24,32)33)27-18(14)28(17)22(20(31)29(19)23)9-3-2-4-10-22/h5-8,11-12,19H,2-4,9-10,23H2,1H3,(H2,24,32,33)(H,25,26,27). The summed E-state index contributed by atoms with van der Waals surface area (Å²) in [4.78, 5) is 34.4. The fourth-order valence-corrected chi connectivity index (χ4v) is 5.51. The lowest BCUT2D eigenvalue weighted by molar-refractivity contribution is -0.176. The number of hydrogen-bond acceptors (Lipinski definition) is 9. The number of sulfonamides is 1. The Kier molecular flexibility index (Phi) is 5.49. The third-order valence-corrected chi connectivity index (χ3v) is 7.46. The molecule has 5 rings (SSSR count). The zero-order valence-corrected chi connectivity index (χ0v) is 19.8. The van der Waals surface area contributed by atoms with Crippen molar-refractivity contribution in [3.8, 4) is 0 Å². The Morgan fingerprint density at radius 1 is 1.20 bits per heavy atom. The average molecular weight is 500 g/mol. The molecule has 1 saturated carbocycles. The van der Waals surface area contributed by atoms with Crippen molar-refractivity contribution in [1.82, 2.24) is 19.5 Å². The highest BCUT2D eigenvalue weighted by Crippen LogP contribution is 2.46. The molecule has 1 aliphatic carbocycles. The maximum atomic E-state index is 13.6. The number of fused-ring (bicyclic) bond motifs is 4. The van der Waals surface area contributed by atoms with Crippen molar-refractivity contribution < 1.29 is 22.7 Å². The molecule has 1 aromatic carbocycles. The number of hydrogen-bond donors (Lipinski definition) is 3. The van der Waals surface area contributed by atoms with Crippen LogP contribution in [0.5, 0.6) is 0 Å². The molecule has 0 saturated heterocycles. The monoisotopic (exact) mass is 499 g/mol. The summed E-state index contributed by atoms with van der Waals surface area (Å²) in [7, 11) is -3.81. The number of rotatable bonds is 4. The topological polar surface area (TPSA) is 176 Å². The van der Waals surface area contributed by atoms with Gasteiger partial charge in [0.2, 0.25) is 22.2 Å². The number of ether oxygens (including phenoxy) is 1. The fourth-order valence-electron chi connectivity index (χ4n) is 4.99. The molecule has 13 heteroatoms. The number of aromatic nitrogens is 3. The van der Waals surface area contributed by atoms with Gasteiger partial charge in [0.25, 0.3) is 5.91 Å². The number of primary sulfonamides is 1. The van der Waals surface area contributed by atoms with E-state index >= 15 is 0 Å². The zero-order chi connectivity index (χ0) is 25.0. The first-order valence-corrected chi connectivity index (χ1v) is 12.7. The minimum Gasteiger partial charge on any atom is -0.434 e. The number of nitrogens with one attached hydrogen (secondary N) is 1. The van der Waals surface area contributed by atoms with Crippen molar-refractivity contribution in [2.75, 3.05) is 5.32 Å². The molecular weight excluding hydrogens is 474 g/mol. The number of carbonyl (C=O) groups excluding carboxylic acids is 2. The van der Waals surface area contributed by atoms with Crippen LogP contribution >= 0.6 is 0 Å². The van der Waals surface area contributed by atoms with E-state index in [0.29, 0.717) is 35.3 Å². The normalized spacial score (nSPS) is 19.6. The van der Waals surface area contributed by atoms with Crippen molar-refractivity contribution in [1.29, 1.82) is 0 Å². The molecule has 1 atom stereocenters. The number of anilines is 2. The summed E-state index contributed by atoms with van der Waals surface area (Å²) in [6, 6.07) is 7.65. The highest BCUT2D eigenvalue weighted by molar-refractivity contribution is 7.89. The second kappa shape index (κ2) is 8.29. The van der Waals surface area contributed by atoms with Crippen molar-refractivity contribution in [3.05, 3.63) is 42.2 Å². The summed E-state index contributed by atoms with van der Waals surface area (Å²) in [6.07, 6.45) is 4.42. The number of esters is 1. The third-order valence-electron chi connectivity index (χ3n) is 6.53. The average Bonchev–Trinajstić information content (AvgIpc) is 3.20. The quantitative estimate of drug-likeness (QED) is 0.274. The number of nitrogens with zero attached hydrogens (tertiary/aromatic N) is 4. The van der Waals surface area contributed by atoms with Gasteiger partial charge >= 0.3 is 5.97 Å². The Balaban J connectivity index is 1.61. The van der Waals surface area contributed by atoms with E-state index in [1.807, 2.05) is 4.57 Å². The van der Waals surface area contributed by atoms with E-state index in [1.165, 1.54) is 19.1 Å². The molecule has 184 valence electrons. The van der Waals surface area contributed by atoms with E-state index in [-0.39, 0.29) is 16.8 Å². The Bertz CT molecular complexity index is 1430. The predicted octanol–water partition coefficient (Wildman–Crippen LogP) is 1.76. The molecule has 1 fully saturated rings. The molecule has 1 spiro atoms. The molecule has 0 radical (unpaired) electrons. The molecule has 1 amide bonds. The van der Waals surface area contributed by atoms with Gasteiger partial charge in [-0.1, -0.05) is 19.3 Å². The van der Waals surface area contributed by atoms with Gasteiger partial charge in [-0.05, 0) is 43.2 Å². The first-order valence-electron chi connectivity index (χ1n) is 11.1. The van der Waals surface area contributed by atoms with E-state index in [2.05, 4.69) is 15.3 Å². The van der Waals surface area contributed by atoms with Crippen LogP contribution < -0.4 is 16.3 Å². The predicted molar refractivity (Wildman–Crippen MR) is 125 cm³/mol. The number of benzene rings is 1. The molecule has 3 aromatic rings. The number of amides is 1. The van der Waals surface area contributed by atoms with Crippen LogP contribution in [0.2, 0.25) is 0 Å². The Hall–Kier alpha value is -3.55. The summed E-state index contributed by atoms with van der Waals surface area (Å²) in [6.45, 7) is 1.26. The minimum absolute atomic E-state index is 0.0133. The van der Waals surface area contributed by atoms with Crippen LogP contribution in [-0.2, 0) is 29.9 Å². The van der Waals surface area contributed by atoms with Crippen LogP contribution in [0, 0.1) is 0 Å². The van der Waals surface area contributed by atoms with Gasteiger partial charge in [0.05, 0.1) is 10.6 Å². The SMILES string of the molecule is CC(=O)OC1c2cc3cnc(Nc4ccc(S(N)(=O)=O)cc4)nc3n2C2(CCCCC2)C(=O)N1N. The summed E-state index contributed by atoms with van der Waals surface area (Å²) in [5.74, 6) is 5.55. The number of carbonyl (C=O) groups is 2. The Morgan fingerprint density at radius 2 is 1.89 bits per heavy atom. The third kappa shape index (κ3) is 3.90. The van der Waals surface area contributed by atoms with Gasteiger partial charge in [-0.25, -0.2) is 29.4 Å². The van der Waals surface area contributed by atoms with E-state index in [1.54, 1.807) is 24.4 Å². The van der Waals surface area contributed by atoms with Crippen LogP contribution in [0.1, 0.15) is 50.9 Å². The van der Waals surface area contributed by atoms with Gasteiger partial charge in [-0.2, -0.15) is 4.98 Å². The van der Waals surface area contributed by atoms with Crippen LogP contribution in [-0.4, -0.2) is 39.8 Å². The first-order chi connectivity index (χ1) is 16.6. The molecule has 3 heterocycles. The second-order valence-corrected chi connectivity index (χ2v) is 10.4. The van der Waals surface area contributed by atoms with E-state index in [0.717, 1.165) is 24.3 Å². The van der Waals surface area contributed by atoms with Crippen molar-refractivity contribution in [3.63, 3.8) is 0 Å². The maximum absolute atomic E-state index is 13.6. The zero-order valence-electron chi connectivity index (χ0n) is 19.0. The molecule has 2 aliphatic rings. The van der Waals surface area contributed by atoms with Gasteiger partial charge in [0.1, 0.15) is 11.2 Å². The van der Waals surface area contributed by atoms with Crippen molar-refractivity contribution in [2.45, 2.75) is 55.7 Å². The molecule has 2 aromatic heterocycles. The maximum Gasteiger partial charge on any atom is 0.304 e. The van der Waals surface area contributed by atoms with Crippen LogP contribution in [0.3, 0.4) is 0 Å².